The van der Waals surface area contributed by atoms with Crippen molar-refractivity contribution in [3.8, 4) is 11.4 Å². The summed E-state index contributed by atoms with van der Waals surface area (Å²) in [7, 11) is 0. The number of aromatic amines is 1. The topological polar surface area (TPSA) is 321 Å². The molecule has 1 aromatic carbocycles. The first kappa shape index (κ1) is 46.4. The third kappa shape index (κ3) is 13.6. The minimum absolute atomic E-state index is 0.0828. The van der Waals surface area contributed by atoms with E-state index in [1.54, 1.807) is 38.1 Å². The molecule has 2 heterocycles. The number of nitrogens with two attached hydrogens (primary N) is 1. The Morgan fingerprint density at radius 3 is 2.03 bits per heavy atom. The lowest BCUT2D eigenvalue weighted by Gasteiger charge is -2.31. The van der Waals surface area contributed by atoms with E-state index in [4.69, 9.17) is 5.73 Å². The van der Waals surface area contributed by atoms with Crippen molar-refractivity contribution in [2.24, 2.45) is 17.6 Å². The van der Waals surface area contributed by atoms with Crippen LogP contribution >= 0.6 is 0 Å². The summed E-state index contributed by atoms with van der Waals surface area (Å²) >= 11 is 0. The lowest BCUT2D eigenvalue weighted by Crippen LogP contribution is -2.61. The molecule has 0 spiro atoms. The number of carbonyl (C=O) groups is 8. The number of rotatable bonds is 21. The molecule has 2 aromatic rings. The summed E-state index contributed by atoms with van der Waals surface area (Å²) in [6.07, 6.45) is -1.28. The van der Waals surface area contributed by atoms with Gasteiger partial charge in [0, 0.05) is 31.9 Å². The fourth-order valence-corrected chi connectivity index (χ4v) is 6.47. The molecule has 58 heavy (non-hydrogen) atoms. The van der Waals surface area contributed by atoms with Crippen molar-refractivity contribution in [1.82, 2.24) is 52.1 Å². The van der Waals surface area contributed by atoms with Crippen LogP contribution in [-0.4, -0.2) is 132 Å². The van der Waals surface area contributed by atoms with E-state index in [0.717, 1.165) is 0 Å². The lowest BCUT2D eigenvalue weighted by molar-refractivity contribution is -0.144. The van der Waals surface area contributed by atoms with Gasteiger partial charge in [-0.2, -0.15) is 5.21 Å². The number of hydrogen-bond donors (Lipinski definition) is 9. The van der Waals surface area contributed by atoms with Crippen LogP contribution in [0.4, 0.5) is 0 Å². The van der Waals surface area contributed by atoms with Crippen LogP contribution in [0.2, 0.25) is 0 Å². The van der Waals surface area contributed by atoms with Crippen molar-refractivity contribution in [2.45, 2.75) is 122 Å². The molecule has 7 amide bonds. The number of benzene rings is 1. The molecule has 1 aliphatic rings. The van der Waals surface area contributed by atoms with Gasteiger partial charge in [-0.25, -0.2) is 4.79 Å². The molecule has 1 aromatic heterocycles. The number of carbonyl (C=O) groups excluding carboxylic acids is 7. The van der Waals surface area contributed by atoms with Crippen LogP contribution in [0.15, 0.2) is 24.3 Å². The van der Waals surface area contributed by atoms with Crippen LogP contribution in [-0.2, 0) is 44.8 Å². The minimum atomic E-state index is -1.64. The smallest absolute Gasteiger partial charge is 0.326 e. The van der Waals surface area contributed by atoms with Crippen molar-refractivity contribution in [2.75, 3.05) is 6.54 Å². The molecule has 1 aliphatic heterocycles. The number of aromatic nitrogens is 4. The Labute approximate surface area is 335 Å². The third-order valence-electron chi connectivity index (χ3n) is 9.46. The highest BCUT2D eigenvalue weighted by Crippen LogP contribution is 2.22. The fraction of sp³-hybridized carbons (Fsp3) is 0.595. The van der Waals surface area contributed by atoms with Gasteiger partial charge in [0.25, 0.3) is 0 Å². The predicted octanol–water partition coefficient (Wildman–Crippen LogP) is -1.72. The molecule has 0 radical (unpaired) electrons. The van der Waals surface area contributed by atoms with Crippen molar-refractivity contribution in [1.29, 1.82) is 0 Å². The quantitative estimate of drug-likeness (QED) is 0.0678. The maximum Gasteiger partial charge on any atom is 0.326 e. The van der Waals surface area contributed by atoms with Gasteiger partial charge >= 0.3 is 5.97 Å². The molecular formula is C37H55N11O10. The summed E-state index contributed by atoms with van der Waals surface area (Å²) in [4.78, 5) is 105. The molecule has 0 bridgehead atoms. The standard InChI is InChI=1S/C37H55N11O10/c1-18(2)16-26(41-33(53)25(39-21(6)50)17-22-9-11-23(12-10-22)31-44-46-47-45-31)36(56)48-15-7-8-27(48)34(54)40-24(13-14-28(38)51)32(52)43-30(20(5)49)35(55)42-29(19(3)4)37(57)58/h9-12,18-20,24-27,29-30,49H,7-8,13-17H2,1-6H3,(H2,38,51)(H,39,50)(H,40,54)(H,41,53)(H,42,55)(H,43,52)(H,57,58)(H,44,45,46,47)/t20-,24+,25+,26+,27+,29+,30+/m1/s1. The number of likely N-dealkylation sites (tertiary alicyclic amines) is 1. The first-order valence-electron chi connectivity index (χ1n) is 19.1. The van der Waals surface area contributed by atoms with E-state index < -0.39 is 95.6 Å². The molecule has 318 valence electrons. The number of primary amides is 1. The SMILES string of the molecule is CC(=O)N[C@@H](Cc1ccc(-c2nn[nH]n2)cc1)C(=O)N[C@@H](CC(C)C)C(=O)N1CCC[C@H]1C(=O)N[C@@H](CCC(N)=O)C(=O)N[C@H](C(=O)N[C@H](C(=O)O)C(C)C)[C@@H](C)O. The van der Waals surface area contributed by atoms with Gasteiger partial charge in [-0.3, -0.25) is 33.6 Å². The van der Waals surface area contributed by atoms with E-state index in [1.807, 2.05) is 13.8 Å². The second kappa shape index (κ2) is 21.5. The number of H-pyrrole nitrogens is 1. The number of tetrazole rings is 1. The molecule has 1 fully saturated rings. The predicted molar refractivity (Wildman–Crippen MR) is 205 cm³/mol. The van der Waals surface area contributed by atoms with Crippen LogP contribution < -0.4 is 32.3 Å². The van der Waals surface area contributed by atoms with Crippen LogP contribution in [0.5, 0.6) is 0 Å². The number of aliphatic carboxylic acids is 1. The summed E-state index contributed by atoms with van der Waals surface area (Å²) in [6, 6.07) is -0.715. The minimum Gasteiger partial charge on any atom is -0.480 e. The maximum absolute atomic E-state index is 14.2. The van der Waals surface area contributed by atoms with E-state index >= 15 is 0 Å². The van der Waals surface area contributed by atoms with E-state index in [9.17, 15) is 48.6 Å². The van der Waals surface area contributed by atoms with Crippen LogP contribution in [0, 0.1) is 11.8 Å². The van der Waals surface area contributed by atoms with E-state index in [1.165, 1.54) is 18.7 Å². The highest BCUT2D eigenvalue weighted by molar-refractivity contribution is 5.97. The zero-order chi connectivity index (χ0) is 43.3. The average molecular weight is 814 g/mol. The van der Waals surface area contributed by atoms with Gasteiger partial charge < -0.3 is 47.4 Å². The van der Waals surface area contributed by atoms with Gasteiger partial charge in [0.05, 0.1) is 6.10 Å². The lowest BCUT2D eigenvalue weighted by atomic mass is 9.99. The number of carboxylic acid groups (broad SMARTS) is 1. The monoisotopic (exact) mass is 813 g/mol. The molecule has 10 N–H and O–H groups in total. The van der Waals surface area contributed by atoms with Crippen molar-refractivity contribution in [3.05, 3.63) is 29.8 Å². The third-order valence-corrected chi connectivity index (χ3v) is 9.46. The highest BCUT2D eigenvalue weighted by Gasteiger charge is 2.40. The van der Waals surface area contributed by atoms with Gasteiger partial charge in [0.15, 0.2) is 0 Å². The molecule has 21 nitrogen and oxygen atoms in total. The van der Waals surface area contributed by atoms with E-state index in [-0.39, 0.29) is 44.6 Å². The fourth-order valence-electron chi connectivity index (χ4n) is 6.47. The van der Waals surface area contributed by atoms with Crippen molar-refractivity contribution in [3.63, 3.8) is 0 Å². The van der Waals surface area contributed by atoms with Gasteiger partial charge in [0.1, 0.15) is 36.3 Å². The Morgan fingerprint density at radius 2 is 1.50 bits per heavy atom. The second-order valence-electron chi connectivity index (χ2n) is 15.1. The normalized spacial score (nSPS) is 17.0. The molecule has 0 aliphatic carbocycles. The van der Waals surface area contributed by atoms with Gasteiger partial charge in [-0.15, -0.1) is 10.2 Å². The van der Waals surface area contributed by atoms with E-state index in [0.29, 0.717) is 23.4 Å². The molecule has 1 saturated heterocycles. The summed E-state index contributed by atoms with van der Waals surface area (Å²) in [5.74, 6) is -6.74. The Balaban J connectivity index is 1.78. The zero-order valence-electron chi connectivity index (χ0n) is 33.5. The molecule has 3 rings (SSSR count). The highest BCUT2D eigenvalue weighted by atomic mass is 16.4. The number of hydrogen-bond acceptors (Lipinski definition) is 12. The number of aliphatic hydroxyl groups is 1. The Morgan fingerprint density at radius 1 is 0.862 bits per heavy atom. The van der Waals surface area contributed by atoms with E-state index in [2.05, 4.69) is 47.2 Å². The van der Waals surface area contributed by atoms with Gasteiger partial charge in [-0.05, 0) is 55.2 Å². The summed E-state index contributed by atoms with van der Waals surface area (Å²) in [5.41, 5.74) is 6.70. The first-order chi connectivity index (χ1) is 27.3. The maximum atomic E-state index is 14.2. The van der Waals surface area contributed by atoms with Gasteiger partial charge in [0.2, 0.25) is 47.2 Å². The van der Waals surface area contributed by atoms with Crippen LogP contribution in [0.1, 0.15) is 79.2 Å². The zero-order valence-corrected chi connectivity index (χ0v) is 33.5. The summed E-state index contributed by atoms with van der Waals surface area (Å²) in [5, 5.41) is 46.3. The number of aliphatic hydroxyl groups excluding tert-OH is 1. The molecule has 7 atom stereocenters. The molecule has 0 saturated carbocycles. The molecule has 0 unspecified atom stereocenters. The van der Waals surface area contributed by atoms with Crippen LogP contribution in [0.25, 0.3) is 11.4 Å². The summed E-state index contributed by atoms with van der Waals surface area (Å²) < 4.78 is 0. The van der Waals surface area contributed by atoms with Crippen LogP contribution in [0.3, 0.4) is 0 Å². The largest absolute Gasteiger partial charge is 0.480 e. The average Bonchev–Trinajstić information content (AvgIpc) is 3.86. The first-order valence-corrected chi connectivity index (χ1v) is 19.1. The Kier molecular flexibility index (Phi) is 17.2. The number of nitrogens with zero attached hydrogens (tertiary/aromatic N) is 4. The number of carboxylic acids is 1. The molecule has 21 heteroatoms. The Hall–Kier alpha value is -5.99. The number of nitrogens with one attached hydrogen (secondary N) is 6. The van der Waals surface area contributed by atoms with Crippen molar-refractivity contribution < 1.29 is 48.6 Å². The summed E-state index contributed by atoms with van der Waals surface area (Å²) in [6.45, 7) is 9.44. The second-order valence-corrected chi connectivity index (χ2v) is 15.1. The van der Waals surface area contributed by atoms with Crippen molar-refractivity contribution >= 4 is 47.3 Å². The Bertz CT molecular complexity index is 1770. The molecular weight excluding hydrogens is 758 g/mol. The number of amides is 7. The van der Waals surface area contributed by atoms with Gasteiger partial charge in [-0.1, -0.05) is 52.0 Å².